The van der Waals surface area contributed by atoms with Gasteiger partial charge in [-0.05, 0) is 20.8 Å². The molecule has 13 nitrogen and oxygen atoms in total. The molecule has 0 unspecified atom stereocenters. The Hall–Kier alpha value is -3.38. The van der Waals surface area contributed by atoms with E-state index in [2.05, 4.69) is 10.6 Å². The maximum Gasteiger partial charge on any atom is 0.408 e. The fourth-order valence-electron chi connectivity index (χ4n) is 1.80. The van der Waals surface area contributed by atoms with Crippen molar-refractivity contribution in [2.75, 3.05) is 6.54 Å². The molecule has 0 rings (SSSR count). The number of ether oxygens (including phenoxy) is 1. The average molecular weight is 403 g/mol. The lowest BCUT2D eigenvalue weighted by atomic mass is 10.1. The Morgan fingerprint density at radius 2 is 1.43 bits per heavy atom. The summed E-state index contributed by atoms with van der Waals surface area (Å²) in [7, 11) is 0. The third-order valence-corrected chi connectivity index (χ3v) is 2.87. The molecule has 0 saturated carbocycles. The predicted molar refractivity (Wildman–Crippen MR) is 93.4 cm³/mol. The highest BCUT2D eigenvalue weighted by atomic mass is 16.6. The average Bonchev–Trinajstić information content (AvgIpc) is 2.48. The Balaban J connectivity index is 4.92. The molecule has 0 saturated heterocycles. The Bertz CT molecular complexity index is 643. The van der Waals surface area contributed by atoms with Crippen molar-refractivity contribution < 1.29 is 38.6 Å². The second-order valence-electron chi connectivity index (χ2n) is 6.72. The Morgan fingerprint density at radius 1 is 0.929 bits per heavy atom. The molecule has 0 fully saturated rings. The number of aliphatic carboxylic acids is 1. The standard InChI is InChI=1S/C15H25N5O8/c1-15(2,3)28-14(27)18-6-11(23)19-7(4-9(16)21)12(24)20-8(13(25)26)5-10(17)22/h7-8H,4-6H2,1-3H3,(H2,16,21)(H2,17,22)(H,18,27)(H,19,23)(H,20,24)(H,25,26)/t7-,8+/m1/s1. The van der Waals surface area contributed by atoms with Gasteiger partial charge in [-0.2, -0.15) is 0 Å². The minimum Gasteiger partial charge on any atom is -0.480 e. The van der Waals surface area contributed by atoms with E-state index < -0.39 is 72.8 Å². The molecule has 0 aliphatic carbocycles. The summed E-state index contributed by atoms with van der Waals surface area (Å²) in [5.41, 5.74) is 9.14. The highest BCUT2D eigenvalue weighted by molar-refractivity contribution is 5.95. The van der Waals surface area contributed by atoms with E-state index >= 15 is 0 Å². The number of carbonyl (C=O) groups is 6. The normalized spacial score (nSPS) is 12.8. The van der Waals surface area contributed by atoms with Gasteiger partial charge >= 0.3 is 12.1 Å². The second kappa shape index (κ2) is 10.7. The van der Waals surface area contributed by atoms with E-state index in [-0.39, 0.29) is 0 Å². The zero-order chi connectivity index (χ0) is 22.1. The van der Waals surface area contributed by atoms with Gasteiger partial charge in [0.2, 0.25) is 23.6 Å². The number of carboxylic acids is 1. The molecule has 0 aliphatic rings. The number of nitrogens with two attached hydrogens (primary N) is 2. The zero-order valence-corrected chi connectivity index (χ0v) is 15.7. The number of primary amides is 2. The highest BCUT2D eigenvalue weighted by Gasteiger charge is 2.29. The third-order valence-electron chi connectivity index (χ3n) is 2.87. The molecular weight excluding hydrogens is 378 g/mol. The summed E-state index contributed by atoms with van der Waals surface area (Å²) in [5, 5.41) is 15.3. The summed E-state index contributed by atoms with van der Waals surface area (Å²) in [6, 6.07) is -3.18. The number of hydrogen-bond acceptors (Lipinski definition) is 7. The first-order valence-corrected chi connectivity index (χ1v) is 8.07. The number of hydrogen-bond donors (Lipinski definition) is 6. The van der Waals surface area contributed by atoms with Crippen molar-refractivity contribution in [1.82, 2.24) is 16.0 Å². The van der Waals surface area contributed by atoms with E-state index in [9.17, 15) is 28.8 Å². The fourth-order valence-corrected chi connectivity index (χ4v) is 1.80. The van der Waals surface area contributed by atoms with Crippen LogP contribution in [0.5, 0.6) is 0 Å². The van der Waals surface area contributed by atoms with Crippen molar-refractivity contribution in [2.24, 2.45) is 11.5 Å². The Labute approximate surface area is 160 Å². The molecule has 0 radical (unpaired) electrons. The molecule has 13 heteroatoms. The van der Waals surface area contributed by atoms with Crippen LogP contribution in [0.1, 0.15) is 33.6 Å². The van der Waals surface area contributed by atoms with Gasteiger partial charge in [-0.3, -0.25) is 19.2 Å². The number of rotatable bonds is 10. The Kier molecular flexibility index (Phi) is 9.40. The fraction of sp³-hybridized carbons (Fsp3) is 0.600. The van der Waals surface area contributed by atoms with Gasteiger partial charge in [0.05, 0.1) is 12.8 Å². The van der Waals surface area contributed by atoms with Gasteiger partial charge in [-0.15, -0.1) is 0 Å². The van der Waals surface area contributed by atoms with E-state index in [0.717, 1.165) is 0 Å². The van der Waals surface area contributed by atoms with Gasteiger partial charge in [0.25, 0.3) is 0 Å². The lowest BCUT2D eigenvalue weighted by molar-refractivity contribution is -0.143. The molecule has 5 amide bonds. The van der Waals surface area contributed by atoms with Crippen molar-refractivity contribution in [3.8, 4) is 0 Å². The van der Waals surface area contributed by atoms with E-state index in [1.165, 1.54) is 0 Å². The first-order valence-electron chi connectivity index (χ1n) is 8.07. The van der Waals surface area contributed by atoms with Crippen LogP contribution in [0.4, 0.5) is 4.79 Å². The molecule has 28 heavy (non-hydrogen) atoms. The highest BCUT2D eigenvalue weighted by Crippen LogP contribution is 2.06. The van der Waals surface area contributed by atoms with Crippen LogP contribution in [0.15, 0.2) is 0 Å². The van der Waals surface area contributed by atoms with Gasteiger partial charge in [0.15, 0.2) is 0 Å². The summed E-state index contributed by atoms with van der Waals surface area (Å²) in [5.74, 6) is -5.41. The SMILES string of the molecule is CC(C)(C)OC(=O)NCC(=O)N[C@H](CC(N)=O)C(=O)N[C@@H](CC(N)=O)C(=O)O. The van der Waals surface area contributed by atoms with Gasteiger partial charge in [-0.25, -0.2) is 9.59 Å². The molecule has 0 aromatic carbocycles. The maximum absolute atomic E-state index is 12.2. The van der Waals surface area contributed by atoms with Gasteiger partial charge < -0.3 is 37.3 Å². The van der Waals surface area contributed by atoms with Gasteiger partial charge in [0.1, 0.15) is 24.2 Å². The molecule has 2 atom stereocenters. The van der Waals surface area contributed by atoms with Crippen LogP contribution in [0.3, 0.4) is 0 Å². The van der Waals surface area contributed by atoms with Crippen LogP contribution in [-0.4, -0.2) is 65.0 Å². The minimum absolute atomic E-state index is 0.582. The van der Waals surface area contributed by atoms with Crippen molar-refractivity contribution in [3.05, 3.63) is 0 Å². The maximum atomic E-state index is 12.2. The quantitative estimate of drug-likeness (QED) is 0.225. The van der Waals surface area contributed by atoms with Crippen molar-refractivity contribution >= 4 is 35.7 Å². The largest absolute Gasteiger partial charge is 0.480 e. The number of nitrogens with one attached hydrogen (secondary N) is 3. The second-order valence-corrected chi connectivity index (χ2v) is 6.72. The van der Waals surface area contributed by atoms with E-state index in [1.54, 1.807) is 20.8 Å². The minimum atomic E-state index is -1.66. The van der Waals surface area contributed by atoms with E-state index in [4.69, 9.17) is 21.3 Å². The van der Waals surface area contributed by atoms with Crippen LogP contribution in [0.25, 0.3) is 0 Å². The molecule has 8 N–H and O–H groups in total. The van der Waals surface area contributed by atoms with Crippen molar-refractivity contribution in [3.63, 3.8) is 0 Å². The first kappa shape index (κ1) is 24.6. The van der Waals surface area contributed by atoms with E-state index in [0.29, 0.717) is 0 Å². The molecule has 158 valence electrons. The molecule has 0 spiro atoms. The summed E-state index contributed by atoms with van der Waals surface area (Å²) in [4.78, 5) is 68.7. The summed E-state index contributed by atoms with van der Waals surface area (Å²) >= 11 is 0. The zero-order valence-electron chi connectivity index (χ0n) is 15.7. The van der Waals surface area contributed by atoms with Gasteiger partial charge in [0, 0.05) is 0 Å². The first-order chi connectivity index (χ1) is 12.7. The number of carboxylic acid groups (broad SMARTS) is 1. The molecule has 0 bridgehead atoms. The summed E-state index contributed by atoms with van der Waals surface area (Å²) < 4.78 is 4.93. The third kappa shape index (κ3) is 11.3. The van der Waals surface area contributed by atoms with Crippen molar-refractivity contribution in [2.45, 2.75) is 51.3 Å². The van der Waals surface area contributed by atoms with E-state index in [1.807, 2.05) is 5.32 Å². The summed E-state index contributed by atoms with van der Waals surface area (Å²) in [6.45, 7) is 4.27. The molecule has 0 aromatic heterocycles. The van der Waals surface area contributed by atoms with Crippen LogP contribution in [0, 0.1) is 0 Å². The molecule has 0 aromatic rings. The summed E-state index contributed by atoms with van der Waals surface area (Å²) in [6.07, 6.45) is -2.23. The number of alkyl carbamates (subject to hydrolysis) is 1. The van der Waals surface area contributed by atoms with Crippen LogP contribution < -0.4 is 27.4 Å². The molecule has 0 heterocycles. The number of carbonyl (C=O) groups excluding carboxylic acids is 5. The van der Waals surface area contributed by atoms with Crippen LogP contribution in [-0.2, 0) is 28.7 Å². The van der Waals surface area contributed by atoms with Gasteiger partial charge in [-0.1, -0.05) is 0 Å². The monoisotopic (exact) mass is 403 g/mol. The molecular formula is C15H25N5O8. The Morgan fingerprint density at radius 3 is 1.86 bits per heavy atom. The topological polar surface area (TPSA) is 220 Å². The van der Waals surface area contributed by atoms with Crippen LogP contribution in [0.2, 0.25) is 0 Å². The lowest BCUT2D eigenvalue weighted by Crippen LogP contribution is -2.54. The van der Waals surface area contributed by atoms with Crippen molar-refractivity contribution in [1.29, 1.82) is 0 Å². The predicted octanol–water partition coefficient (Wildman–Crippen LogP) is -2.68. The smallest absolute Gasteiger partial charge is 0.408 e. The molecule has 0 aliphatic heterocycles. The van der Waals surface area contributed by atoms with Crippen LogP contribution >= 0.6 is 0 Å². The number of amides is 5. The lowest BCUT2D eigenvalue weighted by Gasteiger charge is -2.21.